The van der Waals surface area contributed by atoms with Gasteiger partial charge < -0.3 is 19.3 Å². The Hall–Kier alpha value is -7.21. The number of benzene rings is 3. The molecule has 1 N–H and O–H groups in total. The third-order valence-corrected chi connectivity index (χ3v) is 13.2. The zero-order chi connectivity index (χ0) is 54.5. The summed E-state index contributed by atoms with van der Waals surface area (Å²) >= 11 is 0. The van der Waals surface area contributed by atoms with Crippen LogP contribution in [0.2, 0.25) is 0 Å². The second-order valence-electron chi connectivity index (χ2n) is 18.9. The molecule has 3 aromatic carbocycles. The summed E-state index contributed by atoms with van der Waals surface area (Å²) in [6.07, 6.45) is 7.06. The third-order valence-electron chi connectivity index (χ3n) is 12.6. The molecule has 76 heavy (non-hydrogen) atoms. The molecule has 0 bridgehead atoms. The summed E-state index contributed by atoms with van der Waals surface area (Å²) < 4.78 is 49.0. The predicted octanol–water partition coefficient (Wildman–Crippen LogP) is 10.0. The SMILES string of the molecule is CCCOc1ccc(Cc2c(CC)nn3c(C)cc(C)nc23)cc1.CCc1nn2c(C)cc(C)nc2c1Cc1ccc(OCCO)cc1.CCc1nn2c(C)cc(C)nc2c1Cc1ccc(OCCOS(C)(=O)=O)cc1. The summed E-state index contributed by atoms with van der Waals surface area (Å²) in [4.78, 5) is 14.1. The summed E-state index contributed by atoms with van der Waals surface area (Å²) in [7, 11) is -3.44. The maximum Gasteiger partial charge on any atom is 0.264 e. The number of hydrogen-bond donors (Lipinski definition) is 1. The largest absolute Gasteiger partial charge is 0.494 e. The summed E-state index contributed by atoms with van der Waals surface area (Å²) in [5.74, 6) is 2.37. The van der Waals surface area contributed by atoms with Crippen molar-refractivity contribution in [3.63, 3.8) is 0 Å². The molecule has 0 radical (unpaired) electrons. The number of nitrogens with zero attached hydrogens (tertiary/aromatic N) is 9. The van der Waals surface area contributed by atoms with Crippen molar-refractivity contribution in [2.75, 3.05) is 39.3 Å². The highest BCUT2D eigenvalue weighted by molar-refractivity contribution is 7.85. The van der Waals surface area contributed by atoms with E-state index < -0.39 is 10.1 Å². The van der Waals surface area contributed by atoms with Crippen molar-refractivity contribution >= 4 is 27.1 Å². The topological polar surface area (TPSA) is 182 Å². The average molecular weight is 1050 g/mol. The van der Waals surface area contributed by atoms with Gasteiger partial charge in [-0.25, -0.2) is 28.5 Å². The maximum atomic E-state index is 10.9. The van der Waals surface area contributed by atoms with Gasteiger partial charge >= 0.3 is 0 Å². The van der Waals surface area contributed by atoms with E-state index >= 15 is 0 Å². The minimum absolute atomic E-state index is 0.00673. The molecule has 0 saturated carbocycles. The second kappa shape index (κ2) is 26.0. The van der Waals surface area contributed by atoms with Crippen LogP contribution in [0.5, 0.6) is 17.2 Å². The summed E-state index contributed by atoms with van der Waals surface area (Å²) in [5, 5.41) is 23.0. The van der Waals surface area contributed by atoms with Crippen molar-refractivity contribution in [3.8, 4) is 17.2 Å². The number of ether oxygens (including phenoxy) is 3. The van der Waals surface area contributed by atoms with Crippen LogP contribution in [-0.4, -0.2) is 96.6 Å². The van der Waals surface area contributed by atoms with Crippen molar-refractivity contribution in [2.24, 2.45) is 0 Å². The first-order valence-corrected chi connectivity index (χ1v) is 28.0. The number of rotatable bonds is 20. The van der Waals surface area contributed by atoms with Crippen molar-refractivity contribution in [1.29, 1.82) is 0 Å². The first kappa shape index (κ1) is 56.5. The van der Waals surface area contributed by atoms with Gasteiger partial charge in [0.1, 0.15) is 37.1 Å². The van der Waals surface area contributed by atoms with Crippen LogP contribution < -0.4 is 14.2 Å². The fourth-order valence-corrected chi connectivity index (χ4v) is 9.44. The van der Waals surface area contributed by atoms with Gasteiger partial charge in [0, 0.05) is 70.1 Å². The fourth-order valence-electron chi connectivity index (χ4n) is 9.07. The number of aromatic nitrogens is 9. The molecule has 0 amide bonds. The van der Waals surface area contributed by atoms with E-state index in [0.717, 1.165) is 149 Å². The Balaban J connectivity index is 0.000000167. The zero-order valence-electron chi connectivity index (χ0n) is 46.0. The minimum Gasteiger partial charge on any atom is -0.494 e. The van der Waals surface area contributed by atoms with Gasteiger partial charge in [-0.05, 0) is 139 Å². The lowest BCUT2D eigenvalue weighted by atomic mass is 10.0. The molecule has 0 aliphatic carbocycles. The van der Waals surface area contributed by atoms with E-state index in [4.69, 9.17) is 49.6 Å². The molecule has 9 rings (SSSR count). The maximum absolute atomic E-state index is 10.9. The normalized spacial score (nSPS) is 11.4. The van der Waals surface area contributed by atoms with Crippen LogP contribution in [0.15, 0.2) is 91.0 Å². The smallest absolute Gasteiger partial charge is 0.264 e. The molecule has 0 atom stereocenters. The van der Waals surface area contributed by atoms with Gasteiger partial charge in [-0.3, -0.25) is 4.18 Å². The second-order valence-corrected chi connectivity index (χ2v) is 20.6. The highest BCUT2D eigenvalue weighted by Gasteiger charge is 2.18. The van der Waals surface area contributed by atoms with E-state index in [1.54, 1.807) is 0 Å². The van der Waals surface area contributed by atoms with Crippen molar-refractivity contribution < 1.29 is 31.9 Å². The molecule has 0 aliphatic rings. The standard InChI is InChI=1S/C20H25N3O4S.C20H25N3O.C19H23N3O2/c1-5-19-18(20-21-14(2)12-15(3)23(20)22-19)13-16-6-8-17(9-7-16)26-10-11-27-28(4,24)25;1-5-11-24-17-9-7-16(8-10-17)13-18-19(6-2)22-23-15(4)12-14(3)21-20(18)23;1-4-18-17(19-20-13(2)11-14(3)22(19)21-18)12-15-5-7-16(8-6-15)24-10-9-23/h6-9,12H,5,10-11,13H2,1-4H3;7-10,12H,5-6,11,13H2,1-4H3;5-8,11,23H,4,9-10,12H2,1-3H3. The number of aliphatic hydroxyl groups is 1. The van der Waals surface area contributed by atoms with Gasteiger partial charge in [0.05, 0.1) is 36.6 Å². The Morgan fingerprint density at radius 3 is 1.07 bits per heavy atom. The first-order valence-electron chi connectivity index (χ1n) is 26.2. The van der Waals surface area contributed by atoms with Crippen LogP contribution in [-0.2, 0) is 52.8 Å². The molecule has 0 saturated heterocycles. The lowest BCUT2D eigenvalue weighted by Crippen LogP contribution is -2.11. The molecule has 9 aromatic rings. The first-order chi connectivity index (χ1) is 36.5. The van der Waals surface area contributed by atoms with Crippen molar-refractivity contribution in [2.45, 2.75) is 114 Å². The molecule has 6 aromatic heterocycles. The van der Waals surface area contributed by atoms with Crippen LogP contribution in [0, 0.1) is 41.5 Å². The van der Waals surface area contributed by atoms with E-state index in [-0.39, 0.29) is 19.8 Å². The fraction of sp³-hybridized carbons (Fsp3) is 0.390. The van der Waals surface area contributed by atoms with Gasteiger partial charge in [0.15, 0.2) is 16.9 Å². The quantitative estimate of drug-likeness (QED) is 0.0563. The van der Waals surface area contributed by atoms with Crippen LogP contribution in [0.25, 0.3) is 16.9 Å². The van der Waals surface area contributed by atoms with E-state index in [1.165, 1.54) is 22.3 Å². The van der Waals surface area contributed by atoms with E-state index in [2.05, 4.69) is 82.1 Å². The highest BCUT2D eigenvalue weighted by atomic mass is 32.2. The minimum atomic E-state index is -3.44. The summed E-state index contributed by atoms with van der Waals surface area (Å²) in [6, 6.07) is 30.2. The Morgan fingerprint density at radius 1 is 0.461 bits per heavy atom. The Morgan fingerprint density at radius 2 is 0.776 bits per heavy atom. The molecule has 402 valence electrons. The molecule has 6 heterocycles. The predicted molar refractivity (Wildman–Crippen MR) is 298 cm³/mol. The van der Waals surface area contributed by atoms with Gasteiger partial charge in [-0.1, -0.05) is 64.1 Å². The molecule has 17 heteroatoms. The van der Waals surface area contributed by atoms with Gasteiger partial charge in [-0.2, -0.15) is 23.7 Å². The Kier molecular flexibility index (Phi) is 19.4. The Bertz CT molecular complexity index is 3330. The molecule has 0 unspecified atom stereocenters. The van der Waals surface area contributed by atoms with Crippen molar-refractivity contribution in [3.05, 3.63) is 176 Å². The lowest BCUT2D eigenvalue weighted by molar-refractivity contribution is 0.201. The third kappa shape index (κ3) is 14.6. The molecule has 0 aliphatic heterocycles. The van der Waals surface area contributed by atoms with Gasteiger partial charge in [0.25, 0.3) is 10.1 Å². The van der Waals surface area contributed by atoms with Crippen LogP contribution in [0.1, 0.15) is 119 Å². The number of aryl methyl sites for hydroxylation is 9. The molecular formula is C59H73N9O7S. The molecule has 0 fully saturated rings. The van der Waals surface area contributed by atoms with Crippen LogP contribution in [0.3, 0.4) is 0 Å². The number of fused-ring (bicyclic) bond motifs is 3. The van der Waals surface area contributed by atoms with Crippen LogP contribution >= 0.6 is 0 Å². The molecule has 0 spiro atoms. The van der Waals surface area contributed by atoms with Crippen molar-refractivity contribution in [1.82, 2.24) is 43.8 Å². The monoisotopic (exact) mass is 1050 g/mol. The Labute approximate surface area is 447 Å². The molecular weight excluding hydrogens is 979 g/mol. The zero-order valence-corrected chi connectivity index (χ0v) is 46.8. The average Bonchev–Trinajstić information content (AvgIpc) is 4.06. The summed E-state index contributed by atoms with van der Waals surface area (Å²) in [5.41, 5.74) is 19.6. The van der Waals surface area contributed by atoms with Gasteiger partial charge in [-0.15, -0.1) is 0 Å². The van der Waals surface area contributed by atoms with E-state index in [9.17, 15) is 8.42 Å². The molecule has 16 nitrogen and oxygen atoms in total. The highest BCUT2D eigenvalue weighted by Crippen LogP contribution is 2.26. The van der Waals surface area contributed by atoms with Gasteiger partial charge in [0.2, 0.25) is 0 Å². The lowest BCUT2D eigenvalue weighted by Gasteiger charge is -2.08. The number of hydrogen-bond acceptors (Lipinski definition) is 13. The summed E-state index contributed by atoms with van der Waals surface area (Å²) in [6.45, 7) is 22.0. The van der Waals surface area contributed by atoms with E-state index in [0.29, 0.717) is 12.4 Å². The van der Waals surface area contributed by atoms with E-state index in [1.807, 2.05) is 95.8 Å². The number of aliphatic hydroxyl groups excluding tert-OH is 1. The van der Waals surface area contributed by atoms with Crippen LogP contribution in [0.4, 0.5) is 0 Å².